The molecule has 0 radical (unpaired) electrons. The second kappa shape index (κ2) is 6.12. The van der Waals surface area contributed by atoms with Crippen molar-refractivity contribution in [3.05, 3.63) is 17.7 Å². The van der Waals surface area contributed by atoms with Gasteiger partial charge in [0.25, 0.3) is 0 Å². The predicted octanol–water partition coefficient (Wildman–Crippen LogP) is 4.16. The van der Waals surface area contributed by atoms with E-state index in [0.29, 0.717) is 17.8 Å². The van der Waals surface area contributed by atoms with Gasteiger partial charge >= 0.3 is 6.18 Å². The molecule has 1 aliphatic rings. The third-order valence-corrected chi connectivity index (χ3v) is 3.62. The molecule has 3 nitrogen and oxygen atoms in total. The number of aromatic nitrogens is 1. The zero-order valence-corrected chi connectivity index (χ0v) is 12.7. The normalized spacial score (nSPS) is 15.4. The number of nitrogens with one attached hydrogen (secondary N) is 1. The molecule has 1 aliphatic carbocycles. The molecular formula is C15H22F3N3. The van der Waals surface area contributed by atoms with Gasteiger partial charge in [-0.15, -0.1) is 0 Å². The molecule has 6 heteroatoms. The molecule has 0 amide bonds. The van der Waals surface area contributed by atoms with E-state index in [-0.39, 0.29) is 5.82 Å². The smallest absolute Gasteiger partial charge is 0.373 e. The molecule has 0 unspecified atom stereocenters. The topological polar surface area (TPSA) is 28.2 Å². The van der Waals surface area contributed by atoms with Crippen LogP contribution in [0.2, 0.25) is 0 Å². The third-order valence-electron chi connectivity index (χ3n) is 3.62. The maximum atomic E-state index is 13.0. The first kappa shape index (κ1) is 15.9. The molecule has 0 spiro atoms. The zero-order chi connectivity index (χ0) is 15.6. The van der Waals surface area contributed by atoms with E-state index < -0.39 is 11.7 Å². The van der Waals surface area contributed by atoms with Gasteiger partial charge in [0.15, 0.2) is 0 Å². The first-order chi connectivity index (χ1) is 9.81. The predicted molar refractivity (Wildman–Crippen MR) is 78.6 cm³/mol. The molecule has 118 valence electrons. The van der Waals surface area contributed by atoms with Crippen molar-refractivity contribution in [1.29, 1.82) is 0 Å². The number of rotatable bonds is 6. The van der Waals surface area contributed by atoms with Crippen molar-refractivity contribution < 1.29 is 13.2 Å². The van der Waals surface area contributed by atoms with Gasteiger partial charge in [-0.3, -0.25) is 0 Å². The van der Waals surface area contributed by atoms with Gasteiger partial charge < -0.3 is 10.2 Å². The van der Waals surface area contributed by atoms with Crippen LogP contribution in [0.25, 0.3) is 0 Å². The van der Waals surface area contributed by atoms with Gasteiger partial charge in [-0.2, -0.15) is 13.2 Å². The van der Waals surface area contributed by atoms with E-state index in [4.69, 9.17) is 0 Å². The van der Waals surface area contributed by atoms with E-state index in [1.54, 1.807) is 7.05 Å². The molecule has 1 heterocycles. The molecule has 0 aliphatic heterocycles. The van der Waals surface area contributed by atoms with Crippen LogP contribution < -0.4 is 10.2 Å². The molecule has 1 saturated carbocycles. The maximum absolute atomic E-state index is 13.0. The third kappa shape index (κ3) is 4.25. The molecular weight excluding hydrogens is 279 g/mol. The molecule has 2 rings (SSSR count). The summed E-state index contributed by atoms with van der Waals surface area (Å²) in [4.78, 5) is 6.34. The van der Waals surface area contributed by atoms with E-state index in [0.717, 1.165) is 31.9 Å². The first-order valence-corrected chi connectivity index (χ1v) is 7.35. The molecule has 1 aromatic rings. The summed E-state index contributed by atoms with van der Waals surface area (Å²) in [6.07, 6.45) is -1.34. The van der Waals surface area contributed by atoms with E-state index in [9.17, 15) is 13.2 Å². The summed E-state index contributed by atoms with van der Waals surface area (Å²) in [7, 11) is 1.59. The van der Waals surface area contributed by atoms with Crippen molar-refractivity contribution in [3.63, 3.8) is 0 Å². The largest absolute Gasteiger partial charge is 0.416 e. The number of alkyl halides is 3. The summed E-state index contributed by atoms with van der Waals surface area (Å²) < 4.78 is 39.0. The molecule has 0 bridgehead atoms. The van der Waals surface area contributed by atoms with Crippen molar-refractivity contribution in [1.82, 2.24) is 4.98 Å². The van der Waals surface area contributed by atoms with Crippen LogP contribution in [0.5, 0.6) is 0 Å². The van der Waals surface area contributed by atoms with Crippen LogP contribution in [-0.2, 0) is 6.18 Å². The number of pyridine rings is 1. The number of halogens is 3. The van der Waals surface area contributed by atoms with Gasteiger partial charge in [0.05, 0.1) is 5.56 Å². The summed E-state index contributed by atoms with van der Waals surface area (Å²) >= 11 is 0. The Bertz CT molecular complexity index is 482. The molecule has 0 aromatic carbocycles. The Hall–Kier alpha value is -1.46. The zero-order valence-electron chi connectivity index (χ0n) is 12.7. The Morgan fingerprint density at radius 1 is 1.33 bits per heavy atom. The van der Waals surface area contributed by atoms with E-state index >= 15 is 0 Å². The highest BCUT2D eigenvalue weighted by molar-refractivity contribution is 5.52. The monoisotopic (exact) mass is 301 g/mol. The van der Waals surface area contributed by atoms with Crippen molar-refractivity contribution in [2.24, 2.45) is 5.92 Å². The molecule has 0 atom stereocenters. The minimum Gasteiger partial charge on any atom is -0.373 e. The minimum atomic E-state index is -4.35. The number of nitrogens with zero attached hydrogens (tertiary/aromatic N) is 2. The highest BCUT2D eigenvalue weighted by Gasteiger charge is 2.34. The van der Waals surface area contributed by atoms with Crippen LogP contribution in [0.1, 0.15) is 38.7 Å². The van der Waals surface area contributed by atoms with Crippen LogP contribution in [0.3, 0.4) is 0 Å². The van der Waals surface area contributed by atoms with E-state index in [1.165, 1.54) is 6.07 Å². The minimum absolute atomic E-state index is 0.259. The van der Waals surface area contributed by atoms with Gasteiger partial charge in [0.1, 0.15) is 11.6 Å². The van der Waals surface area contributed by atoms with E-state index in [1.807, 2.05) is 4.90 Å². The molecule has 1 fully saturated rings. The van der Waals surface area contributed by atoms with Crippen LogP contribution in [0, 0.1) is 5.92 Å². The average Bonchev–Trinajstić information content (AvgIpc) is 3.22. The number of anilines is 2. The Morgan fingerprint density at radius 3 is 2.48 bits per heavy atom. The van der Waals surface area contributed by atoms with Crippen LogP contribution in [0.15, 0.2) is 12.1 Å². The second-order valence-electron chi connectivity index (χ2n) is 5.95. The van der Waals surface area contributed by atoms with Crippen molar-refractivity contribution in [2.45, 2.75) is 45.3 Å². The Kier molecular flexibility index (Phi) is 4.64. The fourth-order valence-corrected chi connectivity index (χ4v) is 2.22. The fourth-order valence-electron chi connectivity index (χ4n) is 2.22. The maximum Gasteiger partial charge on any atom is 0.416 e. The highest BCUT2D eigenvalue weighted by atomic mass is 19.4. The van der Waals surface area contributed by atoms with Gasteiger partial charge in [-0.25, -0.2) is 4.98 Å². The summed E-state index contributed by atoms with van der Waals surface area (Å²) in [5, 5.41) is 2.72. The van der Waals surface area contributed by atoms with Gasteiger partial charge in [0.2, 0.25) is 0 Å². The van der Waals surface area contributed by atoms with Crippen molar-refractivity contribution in [3.8, 4) is 0 Å². The van der Waals surface area contributed by atoms with Gasteiger partial charge in [0, 0.05) is 19.6 Å². The quantitative estimate of drug-likeness (QED) is 0.855. The van der Waals surface area contributed by atoms with Crippen LogP contribution in [0.4, 0.5) is 24.8 Å². The molecule has 1 aromatic heterocycles. The standard InChI is InChI=1S/C15H22F3N3/c1-10(2)6-7-21(12-4-5-12)14-9-11(15(16,17)18)8-13(19-3)20-14/h8-10,12H,4-7H2,1-3H3,(H,19,20). The lowest BCUT2D eigenvalue weighted by Crippen LogP contribution is -2.29. The summed E-state index contributed by atoms with van der Waals surface area (Å²) in [6.45, 7) is 4.98. The molecule has 1 N–H and O–H groups in total. The summed E-state index contributed by atoms with van der Waals surface area (Å²) in [5.74, 6) is 1.20. The van der Waals surface area contributed by atoms with E-state index in [2.05, 4.69) is 24.1 Å². The second-order valence-corrected chi connectivity index (χ2v) is 5.95. The average molecular weight is 301 g/mol. The first-order valence-electron chi connectivity index (χ1n) is 7.35. The Labute approximate surface area is 123 Å². The Morgan fingerprint density at radius 2 is 2.00 bits per heavy atom. The lowest BCUT2D eigenvalue weighted by molar-refractivity contribution is -0.137. The van der Waals surface area contributed by atoms with Crippen molar-refractivity contribution >= 4 is 11.6 Å². The van der Waals surface area contributed by atoms with Crippen LogP contribution in [-0.4, -0.2) is 24.6 Å². The Balaban J connectivity index is 2.30. The fraction of sp³-hybridized carbons (Fsp3) is 0.667. The lowest BCUT2D eigenvalue weighted by Gasteiger charge is -2.26. The number of hydrogen-bond donors (Lipinski definition) is 1. The highest BCUT2D eigenvalue weighted by Crippen LogP contribution is 2.36. The summed E-state index contributed by atoms with van der Waals surface area (Å²) in [6, 6.07) is 2.56. The molecule has 0 saturated heterocycles. The summed E-state index contributed by atoms with van der Waals surface area (Å²) in [5.41, 5.74) is -0.646. The lowest BCUT2D eigenvalue weighted by atomic mass is 10.1. The van der Waals surface area contributed by atoms with Gasteiger partial charge in [-0.1, -0.05) is 13.8 Å². The van der Waals surface area contributed by atoms with Gasteiger partial charge in [-0.05, 0) is 37.3 Å². The van der Waals surface area contributed by atoms with Crippen LogP contribution >= 0.6 is 0 Å². The van der Waals surface area contributed by atoms with Crippen molar-refractivity contribution in [2.75, 3.05) is 23.8 Å². The number of hydrogen-bond acceptors (Lipinski definition) is 3. The SMILES string of the molecule is CNc1cc(C(F)(F)F)cc(N(CCC(C)C)C2CC2)n1. The molecule has 21 heavy (non-hydrogen) atoms.